The van der Waals surface area contributed by atoms with E-state index in [9.17, 15) is 14.4 Å². The van der Waals surface area contributed by atoms with Gasteiger partial charge in [-0.15, -0.1) is 0 Å². The van der Waals surface area contributed by atoms with Gasteiger partial charge in [0.15, 0.2) is 0 Å². The van der Waals surface area contributed by atoms with Crippen molar-refractivity contribution in [3.63, 3.8) is 0 Å². The maximum Gasteiger partial charge on any atom is 0.326 e. The highest BCUT2D eigenvalue weighted by molar-refractivity contribution is 6.14. The van der Waals surface area contributed by atoms with Gasteiger partial charge in [0.2, 0.25) is 0 Å². The molecule has 7 heteroatoms. The van der Waals surface area contributed by atoms with E-state index in [2.05, 4.69) is 10.6 Å². The minimum atomic E-state index is -0.837. The number of amides is 3. The number of carboxylic acids is 1. The number of carbonyl (C=O) groups is 3. The number of aliphatic carboxylic acids is 1. The number of imide groups is 1. The summed E-state index contributed by atoms with van der Waals surface area (Å²) in [4.78, 5) is 33.1. The average Bonchev–Trinajstić information content (AvgIpc) is 2.89. The van der Waals surface area contributed by atoms with Gasteiger partial charge in [0.1, 0.15) is 11.4 Å². The number of ether oxygens (including phenoxy) is 1. The van der Waals surface area contributed by atoms with Crippen LogP contribution in [0.1, 0.15) is 18.4 Å². The fourth-order valence-electron chi connectivity index (χ4n) is 2.48. The molecule has 1 heterocycles. The number of hydrogen-bond acceptors (Lipinski definition) is 4. The van der Waals surface area contributed by atoms with Crippen molar-refractivity contribution in [3.8, 4) is 5.75 Å². The summed E-state index contributed by atoms with van der Waals surface area (Å²) in [5, 5.41) is 15.1. The van der Waals surface area contributed by atoms with E-state index in [1.54, 1.807) is 6.08 Å². The van der Waals surface area contributed by atoms with E-state index < -0.39 is 17.9 Å². The van der Waals surface area contributed by atoms with Crippen LogP contribution < -0.4 is 15.4 Å². The maximum absolute atomic E-state index is 11.5. The van der Waals surface area contributed by atoms with Gasteiger partial charge in [-0.2, -0.15) is 0 Å². The molecular formula is C18H16N2O5. The van der Waals surface area contributed by atoms with Crippen LogP contribution in [0.2, 0.25) is 0 Å². The number of nitrogens with one attached hydrogen (secondary N) is 2. The lowest BCUT2D eigenvalue weighted by Crippen LogP contribution is -2.22. The number of urea groups is 1. The second-order valence-electron chi connectivity index (χ2n) is 5.58. The Kier molecular flexibility index (Phi) is 4.65. The number of rotatable bonds is 6. The quantitative estimate of drug-likeness (QED) is 0.425. The van der Waals surface area contributed by atoms with E-state index in [0.717, 1.165) is 16.3 Å². The van der Waals surface area contributed by atoms with Gasteiger partial charge in [-0.25, -0.2) is 4.79 Å². The smallest absolute Gasteiger partial charge is 0.326 e. The van der Waals surface area contributed by atoms with Gasteiger partial charge in [-0.05, 0) is 47.0 Å². The van der Waals surface area contributed by atoms with Crippen LogP contribution in [0.4, 0.5) is 4.79 Å². The molecule has 1 aliphatic rings. The summed E-state index contributed by atoms with van der Waals surface area (Å²) in [6.07, 6.45) is 2.14. The summed E-state index contributed by atoms with van der Waals surface area (Å²) in [6.45, 7) is 0.344. The van der Waals surface area contributed by atoms with Gasteiger partial charge in [-0.3, -0.25) is 14.9 Å². The Hall–Kier alpha value is -3.35. The molecule has 0 aliphatic carbocycles. The van der Waals surface area contributed by atoms with Crippen LogP contribution in [0.25, 0.3) is 16.8 Å². The summed E-state index contributed by atoms with van der Waals surface area (Å²) in [5.74, 6) is -0.613. The molecule has 7 nitrogen and oxygen atoms in total. The molecule has 3 amide bonds. The van der Waals surface area contributed by atoms with Gasteiger partial charge in [0.05, 0.1) is 6.61 Å². The number of carboxylic acid groups (broad SMARTS) is 1. The van der Waals surface area contributed by atoms with Crippen LogP contribution in [0.5, 0.6) is 5.75 Å². The highest BCUT2D eigenvalue weighted by atomic mass is 16.5. The van der Waals surface area contributed by atoms with Crippen molar-refractivity contribution in [2.75, 3.05) is 6.61 Å². The predicted octanol–water partition coefficient (Wildman–Crippen LogP) is 2.26. The SMILES string of the molecule is O=C(O)CCCOc1ccc2cc(/C=C3\NC(=O)NC3=O)ccc2c1. The molecule has 3 rings (SSSR count). The van der Waals surface area contributed by atoms with E-state index in [0.29, 0.717) is 18.8 Å². The molecule has 1 saturated heterocycles. The van der Waals surface area contributed by atoms with Crippen molar-refractivity contribution >= 4 is 34.8 Å². The highest BCUT2D eigenvalue weighted by Gasteiger charge is 2.22. The van der Waals surface area contributed by atoms with Gasteiger partial charge in [0.25, 0.3) is 5.91 Å². The zero-order valence-corrected chi connectivity index (χ0v) is 13.2. The molecule has 0 spiro atoms. The molecule has 128 valence electrons. The van der Waals surface area contributed by atoms with Gasteiger partial charge >= 0.3 is 12.0 Å². The molecule has 25 heavy (non-hydrogen) atoms. The summed E-state index contributed by atoms with van der Waals surface area (Å²) in [5.41, 5.74) is 0.998. The fourth-order valence-corrected chi connectivity index (χ4v) is 2.48. The summed E-state index contributed by atoms with van der Waals surface area (Å²) < 4.78 is 5.55. The predicted molar refractivity (Wildman–Crippen MR) is 91.0 cm³/mol. The first-order valence-electron chi connectivity index (χ1n) is 7.74. The maximum atomic E-state index is 11.5. The lowest BCUT2D eigenvalue weighted by Gasteiger charge is -2.07. The van der Waals surface area contributed by atoms with E-state index >= 15 is 0 Å². The number of carbonyl (C=O) groups excluding carboxylic acids is 2. The Balaban J connectivity index is 1.73. The Morgan fingerprint density at radius 3 is 2.56 bits per heavy atom. The number of hydrogen-bond donors (Lipinski definition) is 3. The van der Waals surface area contributed by atoms with E-state index in [1.165, 1.54) is 0 Å². The molecule has 0 aromatic heterocycles. The molecule has 1 fully saturated rings. The minimum Gasteiger partial charge on any atom is -0.494 e. The number of benzene rings is 2. The van der Waals surface area contributed by atoms with Crippen LogP contribution >= 0.6 is 0 Å². The van der Waals surface area contributed by atoms with Crippen molar-refractivity contribution in [1.29, 1.82) is 0 Å². The first-order valence-corrected chi connectivity index (χ1v) is 7.74. The van der Waals surface area contributed by atoms with Gasteiger partial charge in [-0.1, -0.05) is 18.2 Å². The highest BCUT2D eigenvalue weighted by Crippen LogP contribution is 2.23. The molecular weight excluding hydrogens is 324 g/mol. The van der Waals surface area contributed by atoms with Gasteiger partial charge < -0.3 is 15.2 Å². The third-order valence-electron chi connectivity index (χ3n) is 3.67. The third-order valence-corrected chi connectivity index (χ3v) is 3.67. The number of fused-ring (bicyclic) bond motifs is 1. The molecule has 3 N–H and O–H groups in total. The first-order chi connectivity index (χ1) is 12.0. The lowest BCUT2D eigenvalue weighted by atomic mass is 10.1. The molecule has 0 unspecified atom stereocenters. The Morgan fingerprint density at radius 1 is 1.08 bits per heavy atom. The van der Waals surface area contributed by atoms with Crippen LogP contribution in [-0.4, -0.2) is 29.6 Å². The fraction of sp³-hybridized carbons (Fsp3) is 0.167. The van der Waals surface area contributed by atoms with Gasteiger partial charge in [0, 0.05) is 6.42 Å². The van der Waals surface area contributed by atoms with Crippen LogP contribution in [0.3, 0.4) is 0 Å². The molecule has 2 aromatic carbocycles. The topological polar surface area (TPSA) is 105 Å². The third kappa shape index (κ3) is 4.14. The largest absolute Gasteiger partial charge is 0.494 e. The van der Waals surface area contributed by atoms with Crippen molar-refractivity contribution < 1.29 is 24.2 Å². The van der Waals surface area contributed by atoms with E-state index in [4.69, 9.17) is 9.84 Å². The minimum absolute atomic E-state index is 0.0791. The second-order valence-corrected chi connectivity index (χ2v) is 5.58. The molecule has 0 atom stereocenters. The standard InChI is InChI=1S/C18H16N2O5/c21-16(22)2-1-7-25-14-6-5-12-8-11(3-4-13(12)10-14)9-15-17(23)20-18(24)19-15/h3-6,8-10H,1-2,7H2,(H,21,22)(H2,19,20,23,24)/b15-9-. The van der Waals surface area contributed by atoms with Crippen LogP contribution in [0.15, 0.2) is 42.1 Å². The van der Waals surface area contributed by atoms with E-state index in [-0.39, 0.29) is 12.1 Å². The van der Waals surface area contributed by atoms with Crippen molar-refractivity contribution in [2.45, 2.75) is 12.8 Å². The Morgan fingerprint density at radius 2 is 1.84 bits per heavy atom. The Labute approximate surface area is 143 Å². The summed E-state index contributed by atoms with van der Waals surface area (Å²) in [6, 6.07) is 10.7. The molecule has 0 saturated carbocycles. The van der Waals surface area contributed by atoms with Crippen LogP contribution in [0, 0.1) is 0 Å². The van der Waals surface area contributed by atoms with Crippen LogP contribution in [-0.2, 0) is 9.59 Å². The average molecular weight is 340 g/mol. The van der Waals surface area contributed by atoms with Crippen molar-refractivity contribution in [2.24, 2.45) is 0 Å². The van der Waals surface area contributed by atoms with E-state index in [1.807, 2.05) is 36.4 Å². The molecule has 1 aliphatic heterocycles. The molecule has 0 radical (unpaired) electrons. The van der Waals surface area contributed by atoms with Crippen molar-refractivity contribution in [1.82, 2.24) is 10.6 Å². The normalized spacial score (nSPS) is 15.3. The zero-order valence-electron chi connectivity index (χ0n) is 13.2. The summed E-state index contributed by atoms with van der Waals surface area (Å²) in [7, 11) is 0. The monoisotopic (exact) mass is 340 g/mol. The van der Waals surface area contributed by atoms with Crippen molar-refractivity contribution in [3.05, 3.63) is 47.7 Å². The molecule has 2 aromatic rings. The first kappa shape index (κ1) is 16.5. The molecule has 0 bridgehead atoms. The lowest BCUT2D eigenvalue weighted by molar-refractivity contribution is -0.137. The zero-order chi connectivity index (χ0) is 17.8. The second kappa shape index (κ2) is 7.04. The Bertz CT molecular complexity index is 888. The summed E-state index contributed by atoms with van der Waals surface area (Å²) >= 11 is 0.